The van der Waals surface area contributed by atoms with Crippen molar-refractivity contribution >= 4 is 17.8 Å². The SMILES string of the molecule is CC(C)(C)C(=O)NCCCC(=O)N1CCC(CC(=O)O)C1. The molecule has 1 unspecified atom stereocenters. The molecule has 0 aliphatic carbocycles. The molecule has 21 heavy (non-hydrogen) atoms. The lowest BCUT2D eigenvalue weighted by atomic mass is 9.96. The van der Waals surface area contributed by atoms with Crippen LogP contribution in [0.4, 0.5) is 0 Å². The Morgan fingerprint density at radius 3 is 2.52 bits per heavy atom. The Balaban J connectivity index is 2.20. The monoisotopic (exact) mass is 298 g/mol. The maximum Gasteiger partial charge on any atom is 0.303 e. The van der Waals surface area contributed by atoms with Gasteiger partial charge in [0.1, 0.15) is 0 Å². The Bertz CT molecular complexity index is 401. The van der Waals surface area contributed by atoms with Crippen LogP contribution in [0.1, 0.15) is 46.5 Å². The molecule has 6 nitrogen and oxygen atoms in total. The van der Waals surface area contributed by atoms with Crippen LogP contribution in [0.2, 0.25) is 0 Å². The first-order valence-corrected chi connectivity index (χ1v) is 7.48. The van der Waals surface area contributed by atoms with E-state index in [1.165, 1.54) is 0 Å². The zero-order valence-corrected chi connectivity index (χ0v) is 13.1. The molecule has 2 amide bonds. The third-order valence-corrected chi connectivity index (χ3v) is 3.64. The molecule has 1 aliphatic rings. The van der Waals surface area contributed by atoms with Crippen molar-refractivity contribution in [2.75, 3.05) is 19.6 Å². The third kappa shape index (κ3) is 6.14. The largest absolute Gasteiger partial charge is 0.481 e. The number of carbonyl (C=O) groups is 3. The van der Waals surface area contributed by atoms with Crippen LogP contribution in [-0.4, -0.2) is 47.4 Å². The molecule has 0 aromatic rings. The predicted molar refractivity (Wildman–Crippen MR) is 78.6 cm³/mol. The summed E-state index contributed by atoms with van der Waals surface area (Å²) in [4.78, 5) is 36.0. The van der Waals surface area contributed by atoms with Gasteiger partial charge in [-0.3, -0.25) is 14.4 Å². The highest BCUT2D eigenvalue weighted by Crippen LogP contribution is 2.20. The number of hydrogen-bond donors (Lipinski definition) is 2. The van der Waals surface area contributed by atoms with E-state index >= 15 is 0 Å². The zero-order valence-electron chi connectivity index (χ0n) is 13.1. The number of nitrogens with one attached hydrogen (secondary N) is 1. The number of carbonyl (C=O) groups excluding carboxylic acids is 2. The highest BCUT2D eigenvalue weighted by atomic mass is 16.4. The molecule has 1 fully saturated rings. The Morgan fingerprint density at radius 1 is 1.29 bits per heavy atom. The van der Waals surface area contributed by atoms with Gasteiger partial charge in [-0.15, -0.1) is 0 Å². The second kappa shape index (κ2) is 7.43. The number of amides is 2. The van der Waals surface area contributed by atoms with Gasteiger partial charge in [0.15, 0.2) is 0 Å². The zero-order chi connectivity index (χ0) is 16.0. The molecular weight excluding hydrogens is 272 g/mol. The van der Waals surface area contributed by atoms with Crippen molar-refractivity contribution in [1.29, 1.82) is 0 Å². The van der Waals surface area contributed by atoms with Gasteiger partial charge in [-0.2, -0.15) is 0 Å². The molecule has 0 saturated carbocycles. The van der Waals surface area contributed by atoms with Gasteiger partial charge < -0.3 is 15.3 Å². The highest BCUT2D eigenvalue weighted by molar-refractivity contribution is 5.81. The maximum atomic E-state index is 12.0. The fourth-order valence-corrected chi connectivity index (χ4v) is 2.34. The molecular formula is C15H26N2O4. The lowest BCUT2D eigenvalue weighted by Crippen LogP contribution is -2.36. The van der Waals surface area contributed by atoms with Crippen LogP contribution in [0.5, 0.6) is 0 Å². The number of likely N-dealkylation sites (tertiary alicyclic amines) is 1. The summed E-state index contributed by atoms with van der Waals surface area (Å²) in [6.45, 7) is 7.22. The van der Waals surface area contributed by atoms with Crippen molar-refractivity contribution < 1.29 is 19.5 Å². The van der Waals surface area contributed by atoms with Gasteiger partial charge >= 0.3 is 5.97 Å². The molecule has 0 aromatic carbocycles. The van der Waals surface area contributed by atoms with Crippen LogP contribution >= 0.6 is 0 Å². The fourth-order valence-electron chi connectivity index (χ4n) is 2.34. The van der Waals surface area contributed by atoms with Crippen LogP contribution < -0.4 is 5.32 Å². The van der Waals surface area contributed by atoms with Gasteiger partial charge in [0, 0.05) is 37.9 Å². The van der Waals surface area contributed by atoms with Crippen LogP contribution in [-0.2, 0) is 14.4 Å². The summed E-state index contributed by atoms with van der Waals surface area (Å²) < 4.78 is 0. The number of carboxylic acid groups (broad SMARTS) is 1. The van der Waals surface area contributed by atoms with Crippen molar-refractivity contribution in [1.82, 2.24) is 10.2 Å². The average Bonchev–Trinajstić information content (AvgIpc) is 2.80. The summed E-state index contributed by atoms with van der Waals surface area (Å²) in [5, 5.41) is 11.6. The van der Waals surface area contributed by atoms with E-state index in [1.807, 2.05) is 20.8 Å². The normalized spacial score (nSPS) is 18.6. The summed E-state index contributed by atoms with van der Waals surface area (Å²) in [6, 6.07) is 0. The highest BCUT2D eigenvalue weighted by Gasteiger charge is 2.27. The summed E-state index contributed by atoms with van der Waals surface area (Å²) in [5.74, 6) is -0.697. The number of rotatable bonds is 6. The Morgan fingerprint density at radius 2 is 1.95 bits per heavy atom. The molecule has 0 spiro atoms. The molecule has 2 N–H and O–H groups in total. The minimum Gasteiger partial charge on any atom is -0.481 e. The first-order valence-electron chi connectivity index (χ1n) is 7.48. The van der Waals surface area contributed by atoms with Crippen LogP contribution in [0, 0.1) is 11.3 Å². The summed E-state index contributed by atoms with van der Waals surface area (Å²) in [6.07, 6.45) is 1.90. The standard InChI is InChI=1S/C15H26N2O4/c1-15(2,3)14(21)16-7-4-5-12(18)17-8-6-11(10-17)9-13(19)20/h11H,4-10H2,1-3H3,(H,16,21)(H,19,20). The maximum absolute atomic E-state index is 12.0. The Hall–Kier alpha value is -1.59. The first kappa shape index (κ1) is 17.5. The number of hydrogen-bond acceptors (Lipinski definition) is 3. The first-order chi connectivity index (χ1) is 9.70. The van der Waals surface area contributed by atoms with E-state index in [0.29, 0.717) is 32.5 Å². The lowest BCUT2D eigenvalue weighted by molar-refractivity contribution is -0.138. The summed E-state index contributed by atoms with van der Waals surface area (Å²) in [5.41, 5.74) is -0.414. The van der Waals surface area contributed by atoms with E-state index < -0.39 is 11.4 Å². The third-order valence-electron chi connectivity index (χ3n) is 3.64. The van der Waals surface area contributed by atoms with Crippen LogP contribution in [0.3, 0.4) is 0 Å². The van der Waals surface area contributed by atoms with Gasteiger partial charge in [-0.1, -0.05) is 20.8 Å². The molecule has 120 valence electrons. The summed E-state index contributed by atoms with van der Waals surface area (Å²) >= 11 is 0. The second-order valence-electron chi connectivity index (χ2n) is 6.70. The van der Waals surface area contributed by atoms with E-state index in [-0.39, 0.29) is 24.2 Å². The minimum atomic E-state index is -0.806. The molecule has 1 saturated heterocycles. The van der Waals surface area contributed by atoms with Gasteiger partial charge in [0.05, 0.1) is 0 Å². The molecule has 1 heterocycles. The molecule has 0 radical (unpaired) electrons. The van der Waals surface area contributed by atoms with Gasteiger partial charge in [-0.25, -0.2) is 0 Å². The van der Waals surface area contributed by atoms with Crippen LogP contribution in [0.15, 0.2) is 0 Å². The molecule has 6 heteroatoms. The number of aliphatic carboxylic acids is 1. The quantitative estimate of drug-likeness (QED) is 0.723. The van der Waals surface area contributed by atoms with E-state index in [2.05, 4.69) is 5.32 Å². The minimum absolute atomic E-state index is 0.0161. The van der Waals surface area contributed by atoms with Crippen molar-refractivity contribution in [3.05, 3.63) is 0 Å². The average molecular weight is 298 g/mol. The van der Waals surface area contributed by atoms with Gasteiger partial charge in [-0.05, 0) is 18.8 Å². The molecule has 0 bridgehead atoms. The van der Waals surface area contributed by atoms with Crippen LogP contribution in [0.25, 0.3) is 0 Å². The van der Waals surface area contributed by atoms with E-state index in [0.717, 1.165) is 6.42 Å². The van der Waals surface area contributed by atoms with Gasteiger partial charge in [0.25, 0.3) is 0 Å². The Labute approximate surface area is 125 Å². The fraction of sp³-hybridized carbons (Fsp3) is 0.800. The molecule has 1 rings (SSSR count). The van der Waals surface area contributed by atoms with Crippen molar-refractivity contribution in [2.24, 2.45) is 11.3 Å². The van der Waals surface area contributed by atoms with Crippen molar-refractivity contribution in [3.63, 3.8) is 0 Å². The predicted octanol–water partition coefficient (Wildman–Crippen LogP) is 1.25. The van der Waals surface area contributed by atoms with E-state index in [1.54, 1.807) is 4.90 Å². The number of nitrogens with zero attached hydrogens (tertiary/aromatic N) is 1. The lowest BCUT2D eigenvalue weighted by Gasteiger charge is -2.18. The molecule has 0 aromatic heterocycles. The topological polar surface area (TPSA) is 86.7 Å². The Kier molecular flexibility index (Phi) is 6.18. The molecule has 1 aliphatic heterocycles. The van der Waals surface area contributed by atoms with Gasteiger partial charge in [0.2, 0.25) is 11.8 Å². The number of carboxylic acids is 1. The second-order valence-corrected chi connectivity index (χ2v) is 6.70. The summed E-state index contributed by atoms with van der Waals surface area (Å²) in [7, 11) is 0. The van der Waals surface area contributed by atoms with E-state index in [9.17, 15) is 14.4 Å². The van der Waals surface area contributed by atoms with Crippen molar-refractivity contribution in [3.8, 4) is 0 Å². The van der Waals surface area contributed by atoms with E-state index in [4.69, 9.17) is 5.11 Å². The van der Waals surface area contributed by atoms with Crippen molar-refractivity contribution in [2.45, 2.75) is 46.5 Å². The molecule has 1 atom stereocenters. The smallest absolute Gasteiger partial charge is 0.303 e.